The number of epoxide rings is 1. The van der Waals surface area contributed by atoms with E-state index in [1.54, 1.807) is 0 Å². The van der Waals surface area contributed by atoms with Crippen LogP contribution in [0.2, 0.25) is 0 Å². The van der Waals surface area contributed by atoms with Crippen LogP contribution in [0.15, 0.2) is 0 Å². The van der Waals surface area contributed by atoms with E-state index in [0.29, 0.717) is 0 Å². The van der Waals surface area contributed by atoms with Crippen LogP contribution < -0.4 is 0 Å². The third-order valence-corrected chi connectivity index (χ3v) is 2.32. The Bertz CT molecular complexity index is 166. The van der Waals surface area contributed by atoms with Crippen LogP contribution in [0.5, 0.6) is 0 Å². The number of rotatable bonds is 0. The quantitative estimate of drug-likeness (QED) is 0.427. The van der Waals surface area contributed by atoms with Gasteiger partial charge in [0.2, 0.25) is 0 Å². The van der Waals surface area contributed by atoms with Crippen LogP contribution in [-0.2, 0) is 4.74 Å². The molecule has 10 heavy (non-hydrogen) atoms. The number of hydrogen-bond acceptors (Lipinski definition) is 1. The normalized spacial score (nSPS) is 47.4. The summed E-state index contributed by atoms with van der Waals surface area (Å²) in [5.74, 6) is 0. The van der Waals surface area contributed by atoms with E-state index in [4.69, 9.17) is 23.2 Å². The fraction of sp³-hybridized carbons (Fsp3) is 1.00. The van der Waals surface area contributed by atoms with Crippen molar-refractivity contribution in [2.45, 2.75) is 23.2 Å². The Morgan fingerprint density at radius 1 is 1.30 bits per heavy atom. The maximum atomic E-state index is 11.8. The first-order valence-electron chi connectivity index (χ1n) is 2.35. The summed E-state index contributed by atoms with van der Waals surface area (Å²) in [6.45, 7) is 1.06. The van der Waals surface area contributed by atoms with Gasteiger partial charge in [-0.2, -0.15) is 13.2 Å². The minimum absolute atomic E-state index is 1.06. The van der Waals surface area contributed by atoms with Gasteiger partial charge in [0, 0.05) is 0 Å². The lowest BCUT2D eigenvalue weighted by Crippen LogP contribution is -2.31. The highest BCUT2D eigenvalue weighted by atomic mass is 35.5. The van der Waals surface area contributed by atoms with Crippen molar-refractivity contribution in [2.24, 2.45) is 0 Å². The second-order valence-corrected chi connectivity index (χ2v) is 3.37. The van der Waals surface area contributed by atoms with E-state index in [1.807, 2.05) is 0 Å². The van der Waals surface area contributed by atoms with Gasteiger partial charge in [0.25, 0.3) is 5.06 Å². The monoisotopic (exact) mass is 194 g/mol. The van der Waals surface area contributed by atoms with Crippen LogP contribution in [-0.4, -0.2) is 16.3 Å². The molecule has 1 aliphatic rings. The molecule has 0 bridgehead atoms. The number of halogens is 5. The Hall–Kier alpha value is 0.330. The maximum absolute atomic E-state index is 11.8. The van der Waals surface area contributed by atoms with Gasteiger partial charge in [0.05, 0.1) is 0 Å². The lowest BCUT2D eigenvalue weighted by Gasteiger charge is -2.08. The Kier molecular flexibility index (Phi) is 1.46. The van der Waals surface area contributed by atoms with Gasteiger partial charge in [-0.05, 0) is 6.92 Å². The Labute approximate surface area is 65.0 Å². The fourth-order valence-electron chi connectivity index (χ4n) is 0.550. The van der Waals surface area contributed by atoms with E-state index in [2.05, 4.69) is 4.74 Å². The predicted molar refractivity (Wildman–Crippen MR) is 30.0 cm³/mol. The topological polar surface area (TPSA) is 12.5 Å². The van der Waals surface area contributed by atoms with E-state index in [1.165, 1.54) is 0 Å². The third-order valence-electron chi connectivity index (χ3n) is 1.23. The molecular formula is C4H3Cl2F3O. The predicted octanol–water partition coefficient (Wildman–Crippen LogP) is 2.47. The van der Waals surface area contributed by atoms with Gasteiger partial charge >= 0.3 is 6.18 Å². The van der Waals surface area contributed by atoms with E-state index in [9.17, 15) is 13.2 Å². The van der Waals surface area contributed by atoms with E-state index < -0.39 is 16.3 Å². The summed E-state index contributed by atoms with van der Waals surface area (Å²) < 4.78 is 39.4. The average Bonchev–Trinajstić information content (AvgIpc) is 2.05. The number of alkyl halides is 5. The van der Waals surface area contributed by atoms with E-state index in [0.717, 1.165) is 6.92 Å². The van der Waals surface area contributed by atoms with Crippen molar-refractivity contribution < 1.29 is 17.9 Å². The molecule has 0 aliphatic carbocycles. The van der Waals surface area contributed by atoms with Gasteiger partial charge < -0.3 is 4.74 Å². The van der Waals surface area contributed by atoms with Gasteiger partial charge in [0.15, 0.2) is 5.06 Å². The van der Waals surface area contributed by atoms with Crippen LogP contribution in [0.3, 0.4) is 0 Å². The standard InChI is InChI=1S/C4H3Cl2F3O/c1-2(5)3(6,10-2)4(7,8)9/h1H3. The average molecular weight is 195 g/mol. The van der Waals surface area contributed by atoms with Crippen LogP contribution in [0.1, 0.15) is 6.92 Å². The molecular weight excluding hydrogens is 192 g/mol. The summed E-state index contributed by atoms with van der Waals surface area (Å²) in [5.41, 5.74) is 0. The lowest BCUT2D eigenvalue weighted by molar-refractivity contribution is -0.159. The van der Waals surface area contributed by atoms with Gasteiger partial charge in [-0.1, -0.05) is 23.2 Å². The van der Waals surface area contributed by atoms with E-state index >= 15 is 0 Å². The second kappa shape index (κ2) is 1.73. The molecule has 1 nitrogen and oxygen atoms in total. The molecule has 1 fully saturated rings. The minimum Gasteiger partial charge on any atom is -0.321 e. The Morgan fingerprint density at radius 2 is 1.60 bits per heavy atom. The molecule has 0 amide bonds. The lowest BCUT2D eigenvalue weighted by atomic mass is 10.3. The molecule has 2 atom stereocenters. The molecule has 1 aliphatic heterocycles. The van der Waals surface area contributed by atoms with Crippen molar-refractivity contribution in [3.8, 4) is 0 Å². The molecule has 0 aromatic heterocycles. The molecule has 0 aromatic rings. The summed E-state index contributed by atoms with van der Waals surface area (Å²) in [6.07, 6.45) is -4.61. The molecule has 60 valence electrons. The van der Waals surface area contributed by atoms with Crippen molar-refractivity contribution in [1.29, 1.82) is 0 Å². The molecule has 1 rings (SSSR count). The summed E-state index contributed by atoms with van der Waals surface area (Å²) in [7, 11) is 0. The molecule has 0 saturated carbocycles. The molecule has 1 heterocycles. The molecule has 0 N–H and O–H groups in total. The zero-order valence-corrected chi connectivity index (χ0v) is 6.31. The van der Waals surface area contributed by atoms with E-state index in [-0.39, 0.29) is 0 Å². The van der Waals surface area contributed by atoms with Crippen LogP contribution in [0.4, 0.5) is 13.2 Å². The second-order valence-electron chi connectivity index (χ2n) is 2.11. The maximum Gasteiger partial charge on any atom is 0.436 e. The van der Waals surface area contributed by atoms with Crippen molar-refractivity contribution in [3.63, 3.8) is 0 Å². The van der Waals surface area contributed by atoms with Crippen molar-refractivity contribution >= 4 is 23.2 Å². The zero-order valence-electron chi connectivity index (χ0n) is 4.80. The van der Waals surface area contributed by atoms with Crippen LogP contribution in [0, 0.1) is 0 Å². The third kappa shape index (κ3) is 0.898. The Balaban J connectivity index is 2.78. The summed E-state index contributed by atoms with van der Waals surface area (Å²) in [6, 6.07) is 0. The summed E-state index contributed by atoms with van der Waals surface area (Å²) >= 11 is 10.1. The number of hydrogen-bond donors (Lipinski definition) is 0. The zero-order chi connectivity index (χ0) is 8.21. The van der Waals surface area contributed by atoms with Gasteiger partial charge in [0.1, 0.15) is 0 Å². The minimum atomic E-state index is -4.61. The first-order valence-corrected chi connectivity index (χ1v) is 3.11. The van der Waals surface area contributed by atoms with Crippen LogP contribution >= 0.6 is 23.2 Å². The molecule has 2 unspecified atom stereocenters. The molecule has 0 radical (unpaired) electrons. The first kappa shape index (κ1) is 8.43. The summed E-state index contributed by atoms with van der Waals surface area (Å²) in [5, 5.41) is -4.48. The largest absolute Gasteiger partial charge is 0.436 e. The highest BCUT2D eigenvalue weighted by Crippen LogP contribution is 2.62. The SMILES string of the molecule is CC1(Cl)OC1(Cl)C(F)(F)F. The van der Waals surface area contributed by atoms with Gasteiger partial charge in [-0.15, -0.1) is 0 Å². The van der Waals surface area contributed by atoms with Gasteiger partial charge in [-0.25, -0.2) is 0 Å². The van der Waals surface area contributed by atoms with Crippen molar-refractivity contribution in [1.82, 2.24) is 0 Å². The molecule has 1 saturated heterocycles. The highest BCUT2D eigenvalue weighted by Gasteiger charge is 2.80. The summed E-state index contributed by atoms with van der Waals surface area (Å²) in [4.78, 5) is 0. The number of ether oxygens (including phenoxy) is 1. The first-order chi connectivity index (χ1) is 4.21. The molecule has 0 aromatic carbocycles. The molecule has 6 heteroatoms. The fourth-order valence-corrected chi connectivity index (χ4v) is 0.966. The van der Waals surface area contributed by atoms with Crippen molar-refractivity contribution in [3.05, 3.63) is 0 Å². The van der Waals surface area contributed by atoms with Gasteiger partial charge in [-0.3, -0.25) is 0 Å². The molecule has 0 spiro atoms. The smallest absolute Gasteiger partial charge is 0.321 e. The Morgan fingerprint density at radius 3 is 1.60 bits per heavy atom. The van der Waals surface area contributed by atoms with Crippen molar-refractivity contribution in [2.75, 3.05) is 0 Å². The van der Waals surface area contributed by atoms with Crippen LogP contribution in [0.25, 0.3) is 0 Å². The highest BCUT2D eigenvalue weighted by molar-refractivity contribution is 6.37.